The lowest BCUT2D eigenvalue weighted by atomic mass is 10.0. The van der Waals surface area contributed by atoms with Crippen molar-refractivity contribution < 1.29 is 14.2 Å². The molecule has 0 saturated heterocycles. The van der Waals surface area contributed by atoms with Gasteiger partial charge in [0.05, 0.1) is 26.6 Å². The summed E-state index contributed by atoms with van der Waals surface area (Å²) in [6.07, 6.45) is 0.440. The van der Waals surface area contributed by atoms with Crippen LogP contribution in [-0.4, -0.2) is 31.3 Å². The van der Waals surface area contributed by atoms with Crippen molar-refractivity contribution in [1.29, 1.82) is 0 Å². The molecule has 1 aromatic heterocycles. The van der Waals surface area contributed by atoms with Gasteiger partial charge in [-0.2, -0.15) is 12.6 Å². The largest absolute Gasteiger partial charge is 0.493 e. The molecule has 0 aliphatic carbocycles. The summed E-state index contributed by atoms with van der Waals surface area (Å²) in [4.78, 5) is 8.54. The maximum Gasteiger partial charge on any atom is 0.203 e. The first-order chi connectivity index (χ1) is 11.4. The molecule has 0 aliphatic heterocycles. The van der Waals surface area contributed by atoms with Crippen LogP contribution in [0.1, 0.15) is 29.1 Å². The normalized spacial score (nSPS) is 11.9. The van der Waals surface area contributed by atoms with Crippen LogP contribution < -0.4 is 25.7 Å². The van der Waals surface area contributed by atoms with E-state index in [4.69, 9.17) is 25.7 Å². The van der Waals surface area contributed by atoms with E-state index in [1.54, 1.807) is 21.3 Å². The van der Waals surface area contributed by atoms with E-state index in [-0.39, 0.29) is 5.25 Å². The summed E-state index contributed by atoms with van der Waals surface area (Å²) in [7, 11) is 4.69. The summed E-state index contributed by atoms with van der Waals surface area (Å²) in [5, 5.41) is -0.148. The van der Waals surface area contributed by atoms with Gasteiger partial charge in [-0.15, -0.1) is 0 Å². The quantitative estimate of drug-likeness (QED) is 0.686. The predicted molar refractivity (Wildman–Crippen MR) is 97.2 cm³/mol. The number of methoxy groups -OCH3 is 3. The molecule has 0 bridgehead atoms. The van der Waals surface area contributed by atoms with E-state index in [0.717, 1.165) is 5.56 Å². The molecule has 7 nitrogen and oxygen atoms in total. The van der Waals surface area contributed by atoms with Crippen molar-refractivity contribution in [3.8, 4) is 17.2 Å². The first-order valence-corrected chi connectivity index (χ1v) is 7.81. The van der Waals surface area contributed by atoms with E-state index in [9.17, 15) is 0 Å². The highest BCUT2D eigenvalue weighted by Gasteiger charge is 2.17. The maximum atomic E-state index is 6.05. The summed E-state index contributed by atoms with van der Waals surface area (Å²) in [5.41, 5.74) is 13.6. The highest BCUT2D eigenvalue weighted by Crippen LogP contribution is 2.39. The molecule has 0 radical (unpaired) electrons. The number of hydrogen-bond donors (Lipinski definition) is 3. The van der Waals surface area contributed by atoms with E-state index in [0.29, 0.717) is 46.7 Å². The van der Waals surface area contributed by atoms with Crippen LogP contribution in [0.15, 0.2) is 12.1 Å². The van der Waals surface area contributed by atoms with Gasteiger partial charge in [-0.3, -0.25) is 0 Å². The number of benzene rings is 1. The number of nitrogen functional groups attached to an aromatic ring is 2. The van der Waals surface area contributed by atoms with Crippen LogP contribution in [0.25, 0.3) is 0 Å². The Labute approximate surface area is 146 Å². The topological polar surface area (TPSA) is 106 Å². The smallest absolute Gasteiger partial charge is 0.203 e. The van der Waals surface area contributed by atoms with Crippen LogP contribution >= 0.6 is 12.6 Å². The number of rotatable bonds is 6. The molecule has 1 heterocycles. The molecule has 130 valence electrons. The number of nitrogens with two attached hydrogens (primary N) is 2. The molecule has 0 saturated carbocycles. The number of hydrogen-bond acceptors (Lipinski definition) is 8. The summed E-state index contributed by atoms with van der Waals surface area (Å²) in [6, 6.07) is 3.69. The van der Waals surface area contributed by atoms with Crippen LogP contribution in [0.2, 0.25) is 0 Å². The van der Waals surface area contributed by atoms with E-state index in [1.165, 1.54) is 0 Å². The second-order valence-electron chi connectivity index (χ2n) is 5.22. The second-order valence-corrected chi connectivity index (χ2v) is 5.99. The Hall–Kier alpha value is -2.35. The van der Waals surface area contributed by atoms with Crippen LogP contribution in [0.5, 0.6) is 17.2 Å². The predicted octanol–water partition coefficient (Wildman–Crippen LogP) is 2.25. The Morgan fingerprint density at radius 3 is 1.88 bits per heavy atom. The number of anilines is 2. The Morgan fingerprint density at radius 2 is 1.50 bits per heavy atom. The Bertz CT molecular complexity index is 689. The van der Waals surface area contributed by atoms with E-state index < -0.39 is 0 Å². The molecule has 8 heteroatoms. The number of aromatic nitrogens is 2. The number of thiol groups is 1. The van der Waals surface area contributed by atoms with Crippen molar-refractivity contribution in [2.75, 3.05) is 32.8 Å². The summed E-state index contributed by atoms with van der Waals surface area (Å²) < 4.78 is 16.0. The van der Waals surface area contributed by atoms with Gasteiger partial charge in [-0.1, -0.05) is 0 Å². The van der Waals surface area contributed by atoms with Gasteiger partial charge in [0.25, 0.3) is 0 Å². The highest BCUT2D eigenvalue weighted by molar-refractivity contribution is 7.80. The molecular weight excluding hydrogens is 328 g/mol. The van der Waals surface area contributed by atoms with Crippen molar-refractivity contribution in [3.63, 3.8) is 0 Å². The minimum atomic E-state index is -0.148. The fourth-order valence-electron chi connectivity index (χ4n) is 2.35. The average Bonchev–Trinajstić information content (AvgIpc) is 2.56. The zero-order valence-electron chi connectivity index (χ0n) is 14.2. The molecule has 4 N–H and O–H groups in total. The third-order valence-electron chi connectivity index (χ3n) is 3.57. The molecule has 1 aromatic carbocycles. The molecule has 0 aliphatic rings. The van der Waals surface area contributed by atoms with Gasteiger partial charge >= 0.3 is 0 Å². The molecule has 0 fully saturated rings. The van der Waals surface area contributed by atoms with Crippen molar-refractivity contribution in [2.24, 2.45) is 0 Å². The lowest BCUT2D eigenvalue weighted by Crippen LogP contribution is -2.10. The van der Waals surface area contributed by atoms with Gasteiger partial charge in [0.15, 0.2) is 11.5 Å². The van der Waals surface area contributed by atoms with Gasteiger partial charge in [0.2, 0.25) is 5.75 Å². The molecule has 2 rings (SSSR count). The monoisotopic (exact) mass is 350 g/mol. The maximum absolute atomic E-state index is 6.05. The SMILES string of the molecule is COc1cc(Cc2c(N)nc(C(C)S)nc2N)cc(OC)c1OC. The Kier molecular flexibility index (Phi) is 5.61. The first kappa shape index (κ1) is 18.0. The van der Waals surface area contributed by atoms with Crippen LogP contribution in [0, 0.1) is 0 Å². The summed E-state index contributed by atoms with van der Waals surface area (Å²) >= 11 is 4.31. The van der Waals surface area contributed by atoms with Crippen molar-refractivity contribution >= 4 is 24.3 Å². The standard InChI is InChI=1S/C16H22N4O3S/c1-8(24)16-19-14(17)10(15(18)20-16)5-9-6-11(21-2)13(23-4)12(7-9)22-3/h6-8,24H,5H2,1-4H3,(H4,17,18,19,20). The average molecular weight is 350 g/mol. The van der Waals surface area contributed by atoms with Gasteiger partial charge in [0, 0.05) is 12.0 Å². The van der Waals surface area contributed by atoms with E-state index >= 15 is 0 Å². The fraction of sp³-hybridized carbons (Fsp3) is 0.375. The van der Waals surface area contributed by atoms with Crippen LogP contribution in [0.3, 0.4) is 0 Å². The third kappa shape index (κ3) is 3.59. The molecule has 1 atom stereocenters. The highest BCUT2D eigenvalue weighted by atomic mass is 32.1. The second kappa shape index (κ2) is 7.48. The van der Waals surface area contributed by atoms with Crippen LogP contribution in [0.4, 0.5) is 11.6 Å². The van der Waals surface area contributed by atoms with E-state index in [2.05, 4.69) is 22.6 Å². The van der Waals surface area contributed by atoms with Gasteiger partial charge in [-0.05, 0) is 24.6 Å². The van der Waals surface area contributed by atoms with E-state index in [1.807, 2.05) is 19.1 Å². The number of nitrogens with zero attached hydrogens (tertiary/aromatic N) is 2. The van der Waals surface area contributed by atoms with Crippen molar-refractivity contribution in [3.05, 3.63) is 29.1 Å². The molecule has 0 spiro atoms. The van der Waals surface area contributed by atoms with Crippen molar-refractivity contribution in [2.45, 2.75) is 18.6 Å². The zero-order valence-corrected chi connectivity index (χ0v) is 15.1. The zero-order chi connectivity index (χ0) is 17.9. The van der Waals surface area contributed by atoms with Gasteiger partial charge < -0.3 is 25.7 Å². The lowest BCUT2D eigenvalue weighted by Gasteiger charge is -2.15. The molecule has 1 unspecified atom stereocenters. The van der Waals surface area contributed by atoms with Crippen molar-refractivity contribution in [1.82, 2.24) is 9.97 Å². The molecule has 0 amide bonds. The third-order valence-corrected chi connectivity index (χ3v) is 3.80. The summed E-state index contributed by atoms with van der Waals surface area (Å²) in [5.74, 6) is 2.83. The summed E-state index contributed by atoms with van der Waals surface area (Å²) in [6.45, 7) is 1.86. The Balaban J connectivity index is 2.45. The molecule has 2 aromatic rings. The first-order valence-electron chi connectivity index (χ1n) is 7.29. The Morgan fingerprint density at radius 1 is 1.00 bits per heavy atom. The molecular formula is C16H22N4O3S. The van der Waals surface area contributed by atoms with Crippen LogP contribution in [-0.2, 0) is 6.42 Å². The fourth-order valence-corrected chi connectivity index (χ4v) is 2.46. The molecule has 24 heavy (non-hydrogen) atoms. The number of ether oxygens (including phenoxy) is 3. The van der Waals surface area contributed by atoms with Gasteiger partial charge in [-0.25, -0.2) is 9.97 Å². The minimum Gasteiger partial charge on any atom is -0.493 e. The lowest BCUT2D eigenvalue weighted by molar-refractivity contribution is 0.324. The minimum absolute atomic E-state index is 0.148. The van der Waals surface area contributed by atoms with Gasteiger partial charge in [0.1, 0.15) is 17.5 Å².